The molecule has 1 aromatic carbocycles. The van der Waals surface area contributed by atoms with E-state index in [1.165, 1.54) is 12.1 Å². The van der Waals surface area contributed by atoms with Gasteiger partial charge < -0.3 is 5.11 Å². The van der Waals surface area contributed by atoms with Crippen LogP contribution in [0.5, 0.6) is 0 Å². The molecule has 2 rings (SSSR count). The molecule has 118 valence electrons. The van der Waals surface area contributed by atoms with Crippen molar-refractivity contribution in [2.75, 3.05) is 13.1 Å². The van der Waals surface area contributed by atoms with Crippen LogP contribution in [0.4, 0.5) is 13.2 Å². The number of aliphatic hydroxyl groups is 1. The fourth-order valence-electron chi connectivity index (χ4n) is 3.13. The first-order valence-electron chi connectivity index (χ1n) is 7.23. The van der Waals surface area contributed by atoms with Crippen molar-refractivity contribution in [2.24, 2.45) is 5.41 Å². The molecule has 1 aromatic rings. The Kier molecular flexibility index (Phi) is 4.63. The van der Waals surface area contributed by atoms with Gasteiger partial charge in [-0.2, -0.15) is 13.2 Å². The summed E-state index contributed by atoms with van der Waals surface area (Å²) in [5.74, 6) is 0. The fourth-order valence-corrected chi connectivity index (χ4v) is 3.13. The Balaban J connectivity index is 2.18. The van der Waals surface area contributed by atoms with Crippen LogP contribution in [0.25, 0.3) is 0 Å². The van der Waals surface area contributed by atoms with Crippen molar-refractivity contribution in [2.45, 2.75) is 45.5 Å². The Morgan fingerprint density at radius 3 is 2.62 bits per heavy atom. The van der Waals surface area contributed by atoms with Crippen LogP contribution < -0.4 is 0 Å². The standard InChI is InChI=1S/C16H22F3NO/c1-15(2)9-13(21)7-8-20(11-15)10-12-5-3-4-6-14(12)16(17,18)19/h3-6,13,21H,7-11H2,1-2H3/t13-/m0/s1. The van der Waals surface area contributed by atoms with E-state index in [0.29, 0.717) is 31.5 Å². The summed E-state index contributed by atoms with van der Waals surface area (Å²) < 4.78 is 39.1. The van der Waals surface area contributed by atoms with E-state index < -0.39 is 11.7 Å². The van der Waals surface area contributed by atoms with E-state index in [0.717, 1.165) is 6.07 Å². The summed E-state index contributed by atoms with van der Waals surface area (Å²) in [7, 11) is 0. The predicted molar refractivity (Wildman–Crippen MR) is 75.7 cm³/mol. The Morgan fingerprint density at radius 1 is 1.29 bits per heavy atom. The number of hydrogen-bond donors (Lipinski definition) is 1. The molecule has 0 bridgehead atoms. The number of alkyl halides is 3. The first-order valence-corrected chi connectivity index (χ1v) is 7.23. The summed E-state index contributed by atoms with van der Waals surface area (Å²) in [5, 5.41) is 9.89. The van der Waals surface area contributed by atoms with Gasteiger partial charge in [0.25, 0.3) is 0 Å². The number of likely N-dealkylation sites (tertiary alicyclic amines) is 1. The summed E-state index contributed by atoms with van der Waals surface area (Å²) >= 11 is 0. The molecule has 0 aromatic heterocycles. The lowest BCUT2D eigenvalue weighted by Gasteiger charge is -2.30. The molecule has 0 saturated carbocycles. The maximum atomic E-state index is 13.0. The van der Waals surface area contributed by atoms with E-state index in [1.54, 1.807) is 6.07 Å². The van der Waals surface area contributed by atoms with Crippen LogP contribution in [0.1, 0.15) is 37.8 Å². The van der Waals surface area contributed by atoms with E-state index in [2.05, 4.69) is 0 Å². The van der Waals surface area contributed by atoms with Crippen LogP contribution in [-0.2, 0) is 12.7 Å². The molecule has 5 heteroatoms. The lowest BCUT2D eigenvalue weighted by Crippen LogP contribution is -2.33. The summed E-state index contributed by atoms with van der Waals surface area (Å²) in [6, 6.07) is 5.73. The van der Waals surface area contributed by atoms with Gasteiger partial charge in [0.05, 0.1) is 11.7 Å². The third kappa shape index (κ3) is 4.45. The van der Waals surface area contributed by atoms with Gasteiger partial charge in [0.15, 0.2) is 0 Å². The Morgan fingerprint density at radius 2 is 1.95 bits per heavy atom. The molecule has 0 radical (unpaired) electrons. The smallest absolute Gasteiger partial charge is 0.393 e. The quantitative estimate of drug-likeness (QED) is 0.900. The molecular formula is C16H22F3NO. The van der Waals surface area contributed by atoms with Gasteiger partial charge in [-0.1, -0.05) is 32.0 Å². The zero-order valence-electron chi connectivity index (χ0n) is 12.5. The Labute approximate surface area is 123 Å². The van der Waals surface area contributed by atoms with Gasteiger partial charge in [0, 0.05) is 19.6 Å². The second kappa shape index (κ2) is 5.97. The monoisotopic (exact) mass is 301 g/mol. The topological polar surface area (TPSA) is 23.5 Å². The molecule has 1 N–H and O–H groups in total. The lowest BCUT2D eigenvalue weighted by atomic mass is 9.87. The zero-order chi connectivity index (χ0) is 15.7. The highest BCUT2D eigenvalue weighted by molar-refractivity contribution is 5.29. The van der Waals surface area contributed by atoms with Crippen molar-refractivity contribution in [3.8, 4) is 0 Å². The van der Waals surface area contributed by atoms with Gasteiger partial charge in [-0.15, -0.1) is 0 Å². The van der Waals surface area contributed by atoms with E-state index in [1.807, 2.05) is 18.7 Å². The summed E-state index contributed by atoms with van der Waals surface area (Å²) in [6.07, 6.45) is -3.40. The number of aliphatic hydroxyl groups excluding tert-OH is 1. The average Bonchev–Trinajstić information content (AvgIpc) is 2.46. The van der Waals surface area contributed by atoms with Crippen LogP contribution >= 0.6 is 0 Å². The third-order valence-corrected chi connectivity index (χ3v) is 3.94. The van der Waals surface area contributed by atoms with Crippen molar-refractivity contribution < 1.29 is 18.3 Å². The molecule has 1 fully saturated rings. The van der Waals surface area contributed by atoms with Crippen LogP contribution in [0.2, 0.25) is 0 Å². The first-order chi connectivity index (χ1) is 9.67. The van der Waals surface area contributed by atoms with Gasteiger partial charge in [-0.25, -0.2) is 0 Å². The zero-order valence-corrected chi connectivity index (χ0v) is 12.5. The second-order valence-electron chi connectivity index (χ2n) is 6.68. The largest absolute Gasteiger partial charge is 0.416 e. The van der Waals surface area contributed by atoms with Gasteiger partial charge in [0.2, 0.25) is 0 Å². The Bertz CT molecular complexity index is 485. The van der Waals surface area contributed by atoms with E-state index in [4.69, 9.17) is 0 Å². The van der Waals surface area contributed by atoms with Gasteiger partial charge >= 0.3 is 6.18 Å². The Hall–Kier alpha value is -1.07. The SMILES string of the molecule is CC1(C)C[C@@H](O)CCN(Cc2ccccc2C(F)(F)F)C1. The number of benzene rings is 1. The third-order valence-electron chi connectivity index (χ3n) is 3.94. The van der Waals surface area contributed by atoms with E-state index in [9.17, 15) is 18.3 Å². The summed E-state index contributed by atoms with van der Waals surface area (Å²) in [4.78, 5) is 2.01. The molecule has 0 unspecified atom stereocenters. The fraction of sp³-hybridized carbons (Fsp3) is 0.625. The molecule has 1 heterocycles. The second-order valence-corrected chi connectivity index (χ2v) is 6.68. The highest BCUT2D eigenvalue weighted by Gasteiger charge is 2.34. The summed E-state index contributed by atoms with van der Waals surface area (Å²) in [5.41, 5.74) is -0.354. The van der Waals surface area contributed by atoms with Crippen molar-refractivity contribution >= 4 is 0 Å². The minimum Gasteiger partial charge on any atom is -0.393 e. The van der Waals surface area contributed by atoms with Crippen molar-refractivity contribution in [1.29, 1.82) is 0 Å². The van der Waals surface area contributed by atoms with Gasteiger partial charge in [0.1, 0.15) is 0 Å². The first kappa shape index (κ1) is 16.3. The van der Waals surface area contributed by atoms with Crippen LogP contribution in [0, 0.1) is 5.41 Å². The van der Waals surface area contributed by atoms with Crippen LogP contribution in [0.3, 0.4) is 0 Å². The van der Waals surface area contributed by atoms with Crippen molar-refractivity contribution in [3.05, 3.63) is 35.4 Å². The molecule has 21 heavy (non-hydrogen) atoms. The molecule has 0 spiro atoms. The normalized spacial score (nSPS) is 23.8. The maximum absolute atomic E-state index is 13.0. The van der Waals surface area contributed by atoms with Crippen LogP contribution in [-0.4, -0.2) is 29.2 Å². The number of nitrogens with zero attached hydrogens (tertiary/aromatic N) is 1. The van der Waals surface area contributed by atoms with E-state index >= 15 is 0 Å². The average molecular weight is 301 g/mol. The molecule has 0 aliphatic carbocycles. The molecular weight excluding hydrogens is 279 g/mol. The van der Waals surface area contributed by atoms with Crippen LogP contribution in [0.15, 0.2) is 24.3 Å². The minimum atomic E-state index is -4.32. The molecule has 2 nitrogen and oxygen atoms in total. The minimum absolute atomic E-state index is 0.0942. The van der Waals surface area contributed by atoms with Crippen molar-refractivity contribution in [1.82, 2.24) is 4.90 Å². The molecule has 1 saturated heterocycles. The molecule has 1 aliphatic heterocycles. The molecule has 1 aliphatic rings. The van der Waals surface area contributed by atoms with Gasteiger partial charge in [-0.05, 0) is 29.9 Å². The predicted octanol–water partition coefficient (Wildman–Crippen LogP) is 3.69. The number of halogens is 3. The van der Waals surface area contributed by atoms with Crippen molar-refractivity contribution in [3.63, 3.8) is 0 Å². The maximum Gasteiger partial charge on any atom is 0.416 e. The van der Waals surface area contributed by atoms with Gasteiger partial charge in [-0.3, -0.25) is 4.90 Å². The highest BCUT2D eigenvalue weighted by Crippen LogP contribution is 2.34. The van der Waals surface area contributed by atoms with E-state index in [-0.39, 0.29) is 18.1 Å². The highest BCUT2D eigenvalue weighted by atomic mass is 19.4. The molecule has 1 atom stereocenters. The molecule has 0 amide bonds. The lowest BCUT2D eigenvalue weighted by molar-refractivity contribution is -0.138. The number of rotatable bonds is 2. The number of hydrogen-bond acceptors (Lipinski definition) is 2. The summed E-state index contributed by atoms with van der Waals surface area (Å²) in [6.45, 7) is 5.67.